The number of hydrogen-bond acceptors (Lipinski definition) is 6. The van der Waals surface area contributed by atoms with Crippen molar-refractivity contribution < 1.29 is 9.21 Å². The van der Waals surface area contributed by atoms with Gasteiger partial charge in [-0.25, -0.2) is 0 Å². The summed E-state index contributed by atoms with van der Waals surface area (Å²) in [5.74, 6) is 1.78. The third-order valence-corrected chi connectivity index (χ3v) is 7.34. The van der Waals surface area contributed by atoms with E-state index in [2.05, 4.69) is 46.0 Å². The number of fused-ring (bicyclic) bond motifs is 1. The maximum absolute atomic E-state index is 12.9. The normalized spacial score (nSPS) is 21.3. The number of carbonyl (C=O) groups is 1. The van der Waals surface area contributed by atoms with Gasteiger partial charge in [-0.05, 0) is 69.7 Å². The molecule has 30 heavy (non-hydrogen) atoms. The van der Waals surface area contributed by atoms with Crippen LogP contribution in [-0.2, 0) is 4.79 Å². The molecule has 2 aromatic rings. The maximum Gasteiger partial charge on any atom is 0.277 e. The molecule has 0 bridgehead atoms. The molecule has 1 aromatic carbocycles. The van der Waals surface area contributed by atoms with Gasteiger partial charge in [0.25, 0.3) is 5.22 Å². The molecule has 1 aromatic heterocycles. The number of nitrogens with zero attached hydrogens (tertiary/aromatic N) is 4. The highest BCUT2D eigenvalue weighted by atomic mass is 32.2. The Hall–Kier alpha value is -2.02. The van der Waals surface area contributed by atoms with Crippen LogP contribution in [0.3, 0.4) is 0 Å². The SMILES string of the molecule is CCN(CC)c1ccc(-c2nnc(SCC(=O)N3CCCC4CCCCC43)o2)cc1. The minimum Gasteiger partial charge on any atom is -0.411 e. The lowest BCUT2D eigenvalue weighted by atomic mass is 9.78. The summed E-state index contributed by atoms with van der Waals surface area (Å²) in [6.45, 7) is 7.15. The van der Waals surface area contributed by atoms with Crippen molar-refractivity contribution in [1.82, 2.24) is 15.1 Å². The largest absolute Gasteiger partial charge is 0.411 e. The third-order valence-electron chi connectivity index (χ3n) is 6.53. The first-order chi connectivity index (χ1) is 14.7. The zero-order chi connectivity index (χ0) is 20.9. The van der Waals surface area contributed by atoms with Gasteiger partial charge in [0, 0.05) is 36.9 Å². The van der Waals surface area contributed by atoms with E-state index in [0.29, 0.717) is 28.8 Å². The second-order valence-electron chi connectivity index (χ2n) is 8.22. The van der Waals surface area contributed by atoms with Crippen LogP contribution in [0.25, 0.3) is 11.5 Å². The molecule has 2 heterocycles. The van der Waals surface area contributed by atoms with Crippen molar-refractivity contribution in [2.45, 2.75) is 63.6 Å². The van der Waals surface area contributed by atoms with E-state index in [1.165, 1.54) is 43.1 Å². The molecule has 162 valence electrons. The predicted octanol–water partition coefficient (Wildman–Crippen LogP) is 4.86. The molecule has 7 heteroatoms. The first-order valence-electron chi connectivity index (χ1n) is 11.3. The Morgan fingerprint density at radius 3 is 2.60 bits per heavy atom. The number of aromatic nitrogens is 2. The third kappa shape index (κ3) is 4.66. The van der Waals surface area contributed by atoms with Gasteiger partial charge in [-0.1, -0.05) is 24.6 Å². The van der Waals surface area contributed by atoms with Crippen LogP contribution in [0.1, 0.15) is 52.4 Å². The zero-order valence-electron chi connectivity index (χ0n) is 18.0. The molecule has 1 saturated heterocycles. The van der Waals surface area contributed by atoms with Crippen molar-refractivity contribution in [2.75, 3.05) is 30.3 Å². The molecule has 1 amide bonds. The predicted molar refractivity (Wildman–Crippen MR) is 121 cm³/mol. The van der Waals surface area contributed by atoms with Crippen LogP contribution in [-0.4, -0.2) is 52.4 Å². The van der Waals surface area contributed by atoms with Gasteiger partial charge in [-0.15, -0.1) is 10.2 Å². The molecule has 1 saturated carbocycles. The fraction of sp³-hybridized carbons (Fsp3) is 0.609. The summed E-state index contributed by atoms with van der Waals surface area (Å²) in [7, 11) is 0. The molecule has 1 aliphatic heterocycles. The quantitative estimate of drug-likeness (QED) is 0.587. The molecule has 2 aliphatic rings. The smallest absolute Gasteiger partial charge is 0.277 e. The molecular weight excluding hydrogens is 396 g/mol. The number of amides is 1. The van der Waals surface area contributed by atoms with Crippen LogP contribution in [0.2, 0.25) is 0 Å². The molecular formula is C23H32N4O2S. The number of rotatable bonds is 7. The van der Waals surface area contributed by atoms with Gasteiger partial charge in [-0.2, -0.15) is 0 Å². The molecule has 0 radical (unpaired) electrons. The molecule has 6 nitrogen and oxygen atoms in total. The lowest BCUT2D eigenvalue weighted by Crippen LogP contribution is -2.50. The summed E-state index contributed by atoms with van der Waals surface area (Å²) in [4.78, 5) is 17.3. The van der Waals surface area contributed by atoms with Crippen molar-refractivity contribution in [3.63, 3.8) is 0 Å². The van der Waals surface area contributed by atoms with Crippen LogP contribution >= 0.6 is 11.8 Å². The lowest BCUT2D eigenvalue weighted by Gasteiger charge is -2.44. The summed E-state index contributed by atoms with van der Waals surface area (Å²) < 4.78 is 5.82. The molecule has 2 unspecified atom stereocenters. The number of carbonyl (C=O) groups excluding carboxylic acids is 1. The highest BCUT2D eigenvalue weighted by Crippen LogP contribution is 2.36. The average Bonchev–Trinajstić information content (AvgIpc) is 3.27. The number of likely N-dealkylation sites (tertiary alicyclic amines) is 1. The number of thioether (sulfide) groups is 1. The minimum atomic E-state index is 0.208. The lowest BCUT2D eigenvalue weighted by molar-refractivity contribution is -0.134. The monoisotopic (exact) mass is 428 g/mol. The number of benzene rings is 1. The summed E-state index contributed by atoms with van der Waals surface area (Å²) in [6, 6.07) is 8.64. The van der Waals surface area contributed by atoms with Crippen molar-refractivity contribution in [3.05, 3.63) is 24.3 Å². The van der Waals surface area contributed by atoms with E-state index in [9.17, 15) is 4.79 Å². The Balaban J connectivity index is 1.35. The summed E-state index contributed by atoms with van der Waals surface area (Å²) >= 11 is 1.35. The van der Waals surface area contributed by atoms with Crippen molar-refractivity contribution in [2.24, 2.45) is 5.92 Å². The number of piperidine rings is 1. The summed E-state index contributed by atoms with van der Waals surface area (Å²) in [6.07, 6.45) is 7.42. The van der Waals surface area contributed by atoms with E-state index in [1.54, 1.807) is 0 Å². The second kappa shape index (κ2) is 9.86. The first-order valence-corrected chi connectivity index (χ1v) is 12.3. The Kier molecular flexibility index (Phi) is 6.97. The van der Waals surface area contributed by atoms with Gasteiger partial charge in [0.05, 0.1) is 5.75 Å². The van der Waals surface area contributed by atoms with Gasteiger partial charge in [-0.3, -0.25) is 4.79 Å². The molecule has 4 rings (SSSR count). The van der Waals surface area contributed by atoms with Gasteiger partial charge < -0.3 is 14.2 Å². The van der Waals surface area contributed by atoms with Crippen LogP contribution in [0.4, 0.5) is 5.69 Å². The first kappa shape index (κ1) is 21.2. The Labute approximate surface area is 183 Å². The average molecular weight is 429 g/mol. The zero-order valence-corrected chi connectivity index (χ0v) is 18.9. The molecule has 0 N–H and O–H groups in total. The van der Waals surface area contributed by atoms with Crippen LogP contribution < -0.4 is 4.90 Å². The van der Waals surface area contributed by atoms with Gasteiger partial charge in [0.2, 0.25) is 11.8 Å². The van der Waals surface area contributed by atoms with E-state index in [0.717, 1.165) is 38.0 Å². The fourth-order valence-corrected chi connectivity index (χ4v) is 5.58. The molecule has 0 spiro atoms. The Bertz CT molecular complexity index is 832. The van der Waals surface area contributed by atoms with Crippen LogP contribution in [0.5, 0.6) is 0 Å². The molecule has 1 aliphatic carbocycles. The number of hydrogen-bond donors (Lipinski definition) is 0. The van der Waals surface area contributed by atoms with Crippen molar-refractivity contribution in [3.8, 4) is 11.5 Å². The second-order valence-corrected chi connectivity index (χ2v) is 9.15. The summed E-state index contributed by atoms with van der Waals surface area (Å²) in [5.41, 5.74) is 2.09. The highest BCUT2D eigenvalue weighted by molar-refractivity contribution is 7.99. The van der Waals surface area contributed by atoms with E-state index in [4.69, 9.17) is 4.42 Å². The van der Waals surface area contributed by atoms with Crippen LogP contribution in [0, 0.1) is 5.92 Å². The fourth-order valence-electron chi connectivity index (χ4n) is 4.93. The molecule has 2 atom stereocenters. The van der Waals surface area contributed by atoms with Gasteiger partial charge in [0.15, 0.2) is 0 Å². The minimum absolute atomic E-state index is 0.208. The van der Waals surface area contributed by atoms with Crippen molar-refractivity contribution >= 4 is 23.4 Å². The van der Waals surface area contributed by atoms with Gasteiger partial charge in [0.1, 0.15) is 0 Å². The van der Waals surface area contributed by atoms with E-state index < -0.39 is 0 Å². The Morgan fingerprint density at radius 1 is 1.10 bits per heavy atom. The van der Waals surface area contributed by atoms with Gasteiger partial charge >= 0.3 is 0 Å². The standard InChI is InChI=1S/C23H32N4O2S/c1-3-26(4-2)19-13-11-18(12-14-19)22-24-25-23(29-22)30-16-21(28)27-15-7-9-17-8-5-6-10-20(17)27/h11-14,17,20H,3-10,15-16H2,1-2H3. The van der Waals surface area contributed by atoms with E-state index in [-0.39, 0.29) is 5.91 Å². The number of anilines is 1. The molecule has 2 fully saturated rings. The highest BCUT2D eigenvalue weighted by Gasteiger charge is 2.35. The van der Waals surface area contributed by atoms with E-state index in [1.807, 2.05) is 12.1 Å². The van der Waals surface area contributed by atoms with Crippen LogP contribution in [0.15, 0.2) is 33.9 Å². The maximum atomic E-state index is 12.9. The summed E-state index contributed by atoms with van der Waals surface area (Å²) in [5, 5.41) is 8.79. The topological polar surface area (TPSA) is 62.5 Å². The Morgan fingerprint density at radius 2 is 1.83 bits per heavy atom. The van der Waals surface area contributed by atoms with Crippen molar-refractivity contribution in [1.29, 1.82) is 0 Å². The van der Waals surface area contributed by atoms with E-state index >= 15 is 0 Å².